The third-order valence-electron chi connectivity index (χ3n) is 1.82. The molecule has 1 aliphatic rings. The largest absolute Gasteiger partial charge is 0.378 e. The van der Waals surface area contributed by atoms with E-state index < -0.39 is 0 Å². The second kappa shape index (κ2) is 5.32. The van der Waals surface area contributed by atoms with E-state index in [1.165, 1.54) is 0 Å². The number of hydrogen-bond donors (Lipinski definition) is 1. The van der Waals surface area contributed by atoms with Crippen LogP contribution in [0, 0.1) is 0 Å². The number of hydrogen-bond acceptors (Lipinski definition) is 2. The summed E-state index contributed by atoms with van der Waals surface area (Å²) >= 11 is 5.20. The Balaban J connectivity index is 2.20. The van der Waals surface area contributed by atoms with Crippen molar-refractivity contribution in [1.82, 2.24) is 10.2 Å². The first kappa shape index (κ1) is 9.74. The maximum Gasteiger partial charge on any atom is 0.169 e. The summed E-state index contributed by atoms with van der Waals surface area (Å²) in [5.74, 6) is 0. The molecule has 1 saturated heterocycles. The molecule has 70 valence electrons. The molecular weight excluding hydrogens is 172 g/mol. The number of nitrogens with one attached hydrogen (secondary N) is 1. The summed E-state index contributed by atoms with van der Waals surface area (Å²) in [7, 11) is 0. The summed E-state index contributed by atoms with van der Waals surface area (Å²) < 4.78 is 5.23. The van der Waals surface area contributed by atoms with E-state index in [9.17, 15) is 0 Å². The van der Waals surface area contributed by atoms with E-state index in [1.54, 1.807) is 0 Å². The van der Waals surface area contributed by atoms with Crippen molar-refractivity contribution in [2.45, 2.75) is 13.3 Å². The van der Waals surface area contributed by atoms with Crippen LogP contribution in [0.4, 0.5) is 0 Å². The number of rotatable bonds is 2. The second-order valence-electron chi connectivity index (χ2n) is 2.83. The highest BCUT2D eigenvalue weighted by Gasteiger charge is 2.12. The monoisotopic (exact) mass is 188 g/mol. The molecule has 1 heterocycles. The minimum Gasteiger partial charge on any atom is -0.378 e. The van der Waals surface area contributed by atoms with Gasteiger partial charge in [0.05, 0.1) is 13.2 Å². The molecule has 1 N–H and O–H groups in total. The van der Waals surface area contributed by atoms with Gasteiger partial charge in [-0.05, 0) is 18.6 Å². The Bertz CT molecular complexity index is 146. The number of ether oxygens (including phenoxy) is 1. The van der Waals surface area contributed by atoms with Crippen LogP contribution in [0.2, 0.25) is 0 Å². The third-order valence-corrected chi connectivity index (χ3v) is 2.23. The van der Waals surface area contributed by atoms with Crippen molar-refractivity contribution >= 4 is 17.3 Å². The molecule has 1 aliphatic heterocycles. The standard InChI is InChI=1S/C8H16N2OS/c1-2-3-9-8(12)10-4-6-11-7-5-10/h2-7H2,1H3,(H,9,12). The third kappa shape index (κ3) is 2.95. The van der Waals surface area contributed by atoms with E-state index in [-0.39, 0.29) is 0 Å². The van der Waals surface area contributed by atoms with E-state index in [0.717, 1.165) is 44.4 Å². The lowest BCUT2D eigenvalue weighted by Crippen LogP contribution is -2.46. The molecule has 0 amide bonds. The molecule has 0 saturated carbocycles. The van der Waals surface area contributed by atoms with E-state index in [1.807, 2.05) is 0 Å². The zero-order valence-corrected chi connectivity index (χ0v) is 8.32. The summed E-state index contributed by atoms with van der Waals surface area (Å²) in [6.45, 7) is 6.55. The quantitative estimate of drug-likeness (QED) is 0.642. The Labute approximate surface area is 79.1 Å². The number of thiocarbonyl (C=S) groups is 1. The summed E-state index contributed by atoms with van der Waals surface area (Å²) in [6.07, 6.45) is 1.12. The van der Waals surface area contributed by atoms with Crippen molar-refractivity contribution in [3.05, 3.63) is 0 Å². The van der Waals surface area contributed by atoms with E-state index >= 15 is 0 Å². The van der Waals surface area contributed by atoms with Crippen LogP contribution < -0.4 is 5.32 Å². The molecular formula is C8H16N2OS. The highest BCUT2D eigenvalue weighted by molar-refractivity contribution is 7.80. The van der Waals surface area contributed by atoms with Gasteiger partial charge in [0, 0.05) is 19.6 Å². The molecule has 0 unspecified atom stereocenters. The number of morpholine rings is 1. The lowest BCUT2D eigenvalue weighted by Gasteiger charge is -2.29. The fourth-order valence-electron chi connectivity index (χ4n) is 1.11. The number of nitrogens with zero attached hydrogens (tertiary/aromatic N) is 1. The first-order valence-corrected chi connectivity index (χ1v) is 4.86. The summed E-state index contributed by atoms with van der Waals surface area (Å²) in [5.41, 5.74) is 0. The Hall–Kier alpha value is -0.350. The molecule has 4 heteroatoms. The van der Waals surface area contributed by atoms with Crippen molar-refractivity contribution in [2.75, 3.05) is 32.8 Å². The molecule has 0 spiro atoms. The fourth-order valence-corrected chi connectivity index (χ4v) is 1.39. The van der Waals surface area contributed by atoms with Crippen molar-refractivity contribution in [3.8, 4) is 0 Å². The van der Waals surface area contributed by atoms with Gasteiger partial charge in [0.15, 0.2) is 5.11 Å². The van der Waals surface area contributed by atoms with Gasteiger partial charge in [-0.15, -0.1) is 0 Å². The average molecular weight is 188 g/mol. The molecule has 0 radical (unpaired) electrons. The first-order chi connectivity index (χ1) is 5.84. The predicted molar refractivity (Wildman–Crippen MR) is 53.3 cm³/mol. The van der Waals surface area contributed by atoms with Crippen molar-refractivity contribution in [1.29, 1.82) is 0 Å². The average Bonchev–Trinajstić information content (AvgIpc) is 2.15. The van der Waals surface area contributed by atoms with Crippen molar-refractivity contribution in [2.24, 2.45) is 0 Å². The van der Waals surface area contributed by atoms with Gasteiger partial charge in [0.25, 0.3) is 0 Å². The SMILES string of the molecule is CCCNC(=S)N1CCOCC1. The van der Waals surface area contributed by atoms with Gasteiger partial charge in [0.2, 0.25) is 0 Å². The van der Waals surface area contributed by atoms with E-state index in [2.05, 4.69) is 17.1 Å². The minimum atomic E-state index is 0.800. The van der Waals surface area contributed by atoms with Crippen molar-refractivity contribution < 1.29 is 4.74 Å². The molecule has 0 bridgehead atoms. The molecule has 0 atom stereocenters. The Morgan fingerprint density at radius 2 is 2.17 bits per heavy atom. The maximum absolute atomic E-state index is 5.23. The molecule has 0 aromatic carbocycles. The molecule has 1 fully saturated rings. The van der Waals surface area contributed by atoms with E-state index in [4.69, 9.17) is 17.0 Å². The molecule has 0 aliphatic carbocycles. The van der Waals surface area contributed by atoms with Gasteiger partial charge in [-0.1, -0.05) is 6.92 Å². The Morgan fingerprint density at radius 1 is 1.50 bits per heavy atom. The highest BCUT2D eigenvalue weighted by atomic mass is 32.1. The Morgan fingerprint density at radius 3 is 2.75 bits per heavy atom. The molecule has 1 rings (SSSR count). The van der Waals surface area contributed by atoms with Gasteiger partial charge >= 0.3 is 0 Å². The van der Waals surface area contributed by atoms with Crippen LogP contribution in [-0.4, -0.2) is 42.9 Å². The molecule has 12 heavy (non-hydrogen) atoms. The minimum absolute atomic E-state index is 0.800. The maximum atomic E-state index is 5.23. The first-order valence-electron chi connectivity index (χ1n) is 4.45. The fraction of sp³-hybridized carbons (Fsp3) is 0.875. The van der Waals surface area contributed by atoms with Crippen LogP contribution in [0.5, 0.6) is 0 Å². The van der Waals surface area contributed by atoms with Crippen LogP contribution >= 0.6 is 12.2 Å². The van der Waals surface area contributed by atoms with Crippen LogP contribution in [-0.2, 0) is 4.74 Å². The van der Waals surface area contributed by atoms with Crippen LogP contribution in [0.1, 0.15) is 13.3 Å². The van der Waals surface area contributed by atoms with Gasteiger partial charge in [0.1, 0.15) is 0 Å². The summed E-state index contributed by atoms with van der Waals surface area (Å²) in [4.78, 5) is 2.16. The zero-order valence-electron chi connectivity index (χ0n) is 7.51. The van der Waals surface area contributed by atoms with Gasteiger partial charge in [-0.2, -0.15) is 0 Å². The normalized spacial score (nSPS) is 17.6. The van der Waals surface area contributed by atoms with Crippen LogP contribution in [0.15, 0.2) is 0 Å². The zero-order chi connectivity index (χ0) is 8.81. The topological polar surface area (TPSA) is 24.5 Å². The smallest absolute Gasteiger partial charge is 0.169 e. The van der Waals surface area contributed by atoms with Gasteiger partial charge in [-0.3, -0.25) is 0 Å². The van der Waals surface area contributed by atoms with Crippen LogP contribution in [0.3, 0.4) is 0 Å². The lowest BCUT2D eigenvalue weighted by atomic mass is 10.4. The van der Waals surface area contributed by atoms with Gasteiger partial charge in [-0.25, -0.2) is 0 Å². The highest BCUT2D eigenvalue weighted by Crippen LogP contribution is 1.96. The van der Waals surface area contributed by atoms with Crippen molar-refractivity contribution in [3.63, 3.8) is 0 Å². The molecule has 0 aromatic heterocycles. The molecule has 0 aromatic rings. The Kier molecular flexibility index (Phi) is 4.32. The summed E-state index contributed by atoms with van der Waals surface area (Å²) in [5, 5.41) is 4.08. The second-order valence-corrected chi connectivity index (χ2v) is 3.22. The van der Waals surface area contributed by atoms with E-state index in [0.29, 0.717) is 0 Å². The lowest BCUT2D eigenvalue weighted by molar-refractivity contribution is 0.0677. The predicted octanol–water partition coefficient (Wildman–Crippen LogP) is 0.603. The van der Waals surface area contributed by atoms with Gasteiger partial charge < -0.3 is 15.0 Å². The van der Waals surface area contributed by atoms with Crippen LogP contribution in [0.25, 0.3) is 0 Å². The summed E-state index contributed by atoms with van der Waals surface area (Å²) in [6, 6.07) is 0. The molecule has 3 nitrogen and oxygen atoms in total.